The van der Waals surface area contributed by atoms with Gasteiger partial charge in [-0.2, -0.15) is 0 Å². The van der Waals surface area contributed by atoms with Crippen LogP contribution in [0.1, 0.15) is 57.6 Å². The molecular weight excluding hydrogens is 479 g/mol. The third-order valence-electron chi connectivity index (χ3n) is 5.27. The minimum absolute atomic E-state index is 0. The monoisotopic (exact) mass is 516 g/mol. The fourth-order valence-corrected chi connectivity index (χ4v) is 3.57. The third-order valence-corrected chi connectivity index (χ3v) is 5.27. The van der Waals surface area contributed by atoms with Crippen molar-refractivity contribution in [3.8, 4) is 0 Å². The minimum atomic E-state index is 0. The number of nitrogens with one attached hydrogen (secondary N) is 2. The molecule has 164 valence electrons. The molecule has 0 radical (unpaired) electrons. The third kappa shape index (κ3) is 8.90. The summed E-state index contributed by atoms with van der Waals surface area (Å²) in [6.07, 6.45) is 4.67. The van der Waals surface area contributed by atoms with Gasteiger partial charge in [0.25, 0.3) is 0 Å². The predicted molar refractivity (Wildman–Crippen MR) is 130 cm³/mol. The lowest BCUT2D eigenvalue weighted by Crippen LogP contribution is -2.42. The number of aliphatic imine (C=N–C) groups is 1. The topological polar surface area (TPSA) is 66.0 Å². The average Bonchev–Trinajstić information content (AvgIpc) is 3.15. The Balaban J connectivity index is 0.00000420. The van der Waals surface area contributed by atoms with Crippen LogP contribution in [0.25, 0.3) is 0 Å². The highest BCUT2D eigenvalue weighted by Gasteiger charge is 2.26. The largest absolute Gasteiger partial charge is 0.374 e. The summed E-state index contributed by atoms with van der Waals surface area (Å²) >= 11 is 0. The van der Waals surface area contributed by atoms with Crippen LogP contribution in [-0.4, -0.2) is 56.1 Å². The Morgan fingerprint density at radius 2 is 1.97 bits per heavy atom. The molecular formula is C22H37IN4O2. The van der Waals surface area contributed by atoms with Gasteiger partial charge in [-0.05, 0) is 38.2 Å². The van der Waals surface area contributed by atoms with E-state index >= 15 is 0 Å². The van der Waals surface area contributed by atoms with Gasteiger partial charge in [0.1, 0.15) is 0 Å². The van der Waals surface area contributed by atoms with Gasteiger partial charge in [0.05, 0.1) is 6.10 Å². The average molecular weight is 516 g/mol. The van der Waals surface area contributed by atoms with Gasteiger partial charge in [-0.1, -0.05) is 37.3 Å². The fourth-order valence-electron chi connectivity index (χ4n) is 3.57. The maximum Gasteiger partial charge on any atom is 0.222 e. The van der Waals surface area contributed by atoms with Crippen LogP contribution in [0.3, 0.4) is 0 Å². The van der Waals surface area contributed by atoms with Crippen LogP contribution < -0.4 is 10.6 Å². The summed E-state index contributed by atoms with van der Waals surface area (Å²) in [5.74, 6) is 1.11. The second-order valence-corrected chi connectivity index (χ2v) is 7.24. The predicted octanol–water partition coefficient (Wildman–Crippen LogP) is 3.73. The molecule has 6 nitrogen and oxygen atoms in total. The van der Waals surface area contributed by atoms with E-state index in [1.807, 2.05) is 23.1 Å². The number of hydrogen-bond acceptors (Lipinski definition) is 3. The normalized spacial score (nSPS) is 16.3. The smallest absolute Gasteiger partial charge is 0.222 e. The summed E-state index contributed by atoms with van der Waals surface area (Å²) in [6.45, 7) is 7.46. The molecule has 7 heteroatoms. The molecule has 1 saturated heterocycles. The van der Waals surface area contributed by atoms with Gasteiger partial charge in [0, 0.05) is 45.8 Å². The van der Waals surface area contributed by atoms with Crippen LogP contribution in [-0.2, 0) is 9.53 Å². The number of likely N-dealkylation sites (tertiary alicyclic amines) is 1. The zero-order valence-electron chi connectivity index (χ0n) is 18.0. The summed E-state index contributed by atoms with van der Waals surface area (Å²) in [5.41, 5.74) is 1.20. The molecule has 29 heavy (non-hydrogen) atoms. The lowest BCUT2D eigenvalue weighted by molar-refractivity contribution is -0.129. The summed E-state index contributed by atoms with van der Waals surface area (Å²) in [6, 6.07) is 10.6. The standard InChI is InChI=1S/C22H36N4O2.HI/c1-4-20(26-16-8-12-21(26)27)13-15-25-22(23-3)24-14-9-17-28-18(2)19-10-6-5-7-11-19;/h5-7,10-11,18,20H,4,8-9,12-17H2,1-3H3,(H2,23,24,25);1H. The van der Waals surface area contributed by atoms with Crippen LogP contribution in [0.15, 0.2) is 35.3 Å². The van der Waals surface area contributed by atoms with E-state index in [-0.39, 0.29) is 30.1 Å². The van der Waals surface area contributed by atoms with Crippen molar-refractivity contribution in [1.29, 1.82) is 0 Å². The number of carbonyl (C=O) groups excluding carboxylic acids is 1. The van der Waals surface area contributed by atoms with Gasteiger partial charge in [0.15, 0.2) is 5.96 Å². The molecule has 1 aliphatic heterocycles. The van der Waals surface area contributed by atoms with Crippen molar-refractivity contribution >= 4 is 35.8 Å². The van der Waals surface area contributed by atoms with Crippen molar-refractivity contribution in [3.63, 3.8) is 0 Å². The van der Waals surface area contributed by atoms with E-state index in [1.54, 1.807) is 7.05 Å². The van der Waals surface area contributed by atoms with Crippen molar-refractivity contribution in [1.82, 2.24) is 15.5 Å². The lowest BCUT2D eigenvalue weighted by atomic mass is 10.1. The Kier molecular flexibility index (Phi) is 12.9. The van der Waals surface area contributed by atoms with Gasteiger partial charge in [-0.25, -0.2) is 0 Å². The van der Waals surface area contributed by atoms with Crippen molar-refractivity contribution in [2.45, 2.75) is 58.1 Å². The number of benzene rings is 1. The SMILES string of the molecule is CCC(CCNC(=NC)NCCCOC(C)c1ccccc1)N1CCCC1=O.I. The molecule has 2 N–H and O–H groups in total. The van der Waals surface area contributed by atoms with Crippen LogP contribution >= 0.6 is 24.0 Å². The molecule has 2 atom stereocenters. The molecule has 2 unspecified atom stereocenters. The summed E-state index contributed by atoms with van der Waals surface area (Å²) in [5, 5.41) is 6.69. The highest BCUT2D eigenvalue weighted by atomic mass is 127. The molecule has 1 aromatic carbocycles. The maximum atomic E-state index is 11.9. The van der Waals surface area contributed by atoms with Crippen molar-refractivity contribution < 1.29 is 9.53 Å². The summed E-state index contributed by atoms with van der Waals surface area (Å²) in [4.78, 5) is 18.2. The van der Waals surface area contributed by atoms with E-state index in [9.17, 15) is 4.79 Å². The van der Waals surface area contributed by atoms with Crippen LogP contribution in [0.4, 0.5) is 0 Å². The summed E-state index contributed by atoms with van der Waals surface area (Å²) < 4.78 is 5.90. The number of halogens is 1. The van der Waals surface area contributed by atoms with Crippen LogP contribution in [0.2, 0.25) is 0 Å². The Bertz CT molecular complexity index is 612. The van der Waals surface area contributed by atoms with Gasteiger partial charge >= 0.3 is 0 Å². The Morgan fingerprint density at radius 1 is 1.24 bits per heavy atom. The first-order valence-corrected chi connectivity index (χ1v) is 10.6. The van der Waals surface area contributed by atoms with Crippen LogP contribution in [0, 0.1) is 0 Å². The van der Waals surface area contributed by atoms with E-state index in [0.717, 1.165) is 51.3 Å². The molecule has 1 heterocycles. The quantitative estimate of drug-likeness (QED) is 0.204. The molecule has 1 aromatic rings. The molecule has 0 saturated carbocycles. The van der Waals surface area contributed by atoms with Gasteiger partial charge in [-0.3, -0.25) is 9.79 Å². The minimum Gasteiger partial charge on any atom is -0.374 e. The molecule has 0 aromatic heterocycles. The highest BCUT2D eigenvalue weighted by Crippen LogP contribution is 2.18. The first-order chi connectivity index (χ1) is 13.7. The van der Waals surface area contributed by atoms with E-state index in [2.05, 4.69) is 41.6 Å². The molecule has 0 bridgehead atoms. The van der Waals surface area contributed by atoms with Gasteiger partial charge in [0.2, 0.25) is 5.91 Å². The second-order valence-electron chi connectivity index (χ2n) is 7.24. The molecule has 1 aliphatic rings. The number of guanidine groups is 1. The Hall–Kier alpha value is -1.35. The Morgan fingerprint density at radius 3 is 2.59 bits per heavy atom. The fraction of sp³-hybridized carbons (Fsp3) is 0.636. The first kappa shape index (κ1) is 25.7. The Labute approximate surface area is 192 Å². The molecule has 2 rings (SSSR count). The van der Waals surface area contributed by atoms with Gasteiger partial charge in [-0.15, -0.1) is 24.0 Å². The van der Waals surface area contributed by atoms with E-state index in [0.29, 0.717) is 25.0 Å². The highest BCUT2D eigenvalue weighted by molar-refractivity contribution is 14.0. The lowest BCUT2D eigenvalue weighted by Gasteiger charge is -2.27. The van der Waals surface area contributed by atoms with E-state index in [4.69, 9.17) is 4.74 Å². The maximum absolute atomic E-state index is 11.9. The number of carbonyl (C=O) groups is 1. The molecule has 1 amide bonds. The van der Waals surface area contributed by atoms with Crippen molar-refractivity contribution in [2.75, 3.05) is 33.3 Å². The molecule has 0 spiro atoms. The van der Waals surface area contributed by atoms with Crippen LogP contribution in [0.5, 0.6) is 0 Å². The number of rotatable bonds is 11. The zero-order chi connectivity index (χ0) is 20.2. The summed E-state index contributed by atoms with van der Waals surface area (Å²) in [7, 11) is 1.78. The number of ether oxygens (including phenoxy) is 1. The van der Waals surface area contributed by atoms with Gasteiger partial charge < -0.3 is 20.3 Å². The number of amides is 1. The number of hydrogen-bond donors (Lipinski definition) is 2. The number of nitrogens with zero attached hydrogens (tertiary/aromatic N) is 2. The van der Waals surface area contributed by atoms with Crippen molar-refractivity contribution in [3.05, 3.63) is 35.9 Å². The molecule has 1 fully saturated rings. The molecule has 0 aliphatic carbocycles. The first-order valence-electron chi connectivity index (χ1n) is 10.6. The second kappa shape index (κ2) is 14.6. The van der Waals surface area contributed by atoms with Crippen molar-refractivity contribution in [2.24, 2.45) is 4.99 Å². The zero-order valence-corrected chi connectivity index (χ0v) is 20.4. The van der Waals surface area contributed by atoms with E-state index < -0.39 is 0 Å². The van der Waals surface area contributed by atoms with E-state index in [1.165, 1.54) is 5.56 Å².